The highest BCUT2D eigenvalue weighted by atomic mass is 35.5. The zero-order chi connectivity index (χ0) is 37.0. The van der Waals surface area contributed by atoms with Crippen LogP contribution in [0.25, 0.3) is 0 Å². The van der Waals surface area contributed by atoms with Gasteiger partial charge in [-0.1, -0.05) is 91.4 Å². The Labute approximate surface area is 311 Å². The molecule has 0 aromatic heterocycles. The molecule has 2 N–H and O–H groups in total. The van der Waals surface area contributed by atoms with Crippen LogP contribution in [0.15, 0.2) is 121 Å². The van der Waals surface area contributed by atoms with E-state index in [1.54, 1.807) is 62.4 Å². The lowest BCUT2D eigenvalue weighted by Gasteiger charge is -2.25. The SMILES string of the molecule is CC/C=C\C/C=C\C/C=C\C/C=C\C/C=C\C/C=C\CCC(=O)NCCCCCNC(=O)C(C)(C)Oc1ccc(C(=O)c2ccc(Cl)cc2)cc1. The van der Waals surface area contributed by atoms with E-state index in [9.17, 15) is 14.4 Å². The lowest BCUT2D eigenvalue weighted by Crippen LogP contribution is -2.46. The Morgan fingerprint density at radius 2 is 1.08 bits per heavy atom. The van der Waals surface area contributed by atoms with Crippen molar-refractivity contribution in [2.45, 2.75) is 97.0 Å². The van der Waals surface area contributed by atoms with Gasteiger partial charge in [0.25, 0.3) is 5.91 Å². The van der Waals surface area contributed by atoms with Gasteiger partial charge in [-0.05, 0) is 127 Å². The molecule has 0 atom stereocenters. The molecule has 0 aliphatic heterocycles. The summed E-state index contributed by atoms with van der Waals surface area (Å²) < 4.78 is 5.94. The van der Waals surface area contributed by atoms with Crippen LogP contribution < -0.4 is 15.4 Å². The average Bonchev–Trinajstić information content (AvgIpc) is 3.12. The van der Waals surface area contributed by atoms with E-state index >= 15 is 0 Å². The minimum atomic E-state index is -1.08. The summed E-state index contributed by atoms with van der Waals surface area (Å²) in [4.78, 5) is 37.6. The number of hydrogen-bond acceptors (Lipinski definition) is 4. The number of carbonyl (C=O) groups is 3. The molecular weight excluding hydrogens is 656 g/mol. The molecule has 0 saturated carbocycles. The number of hydrogen-bond donors (Lipinski definition) is 2. The van der Waals surface area contributed by atoms with Crippen molar-refractivity contribution >= 4 is 29.2 Å². The van der Waals surface area contributed by atoms with E-state index in [-0.39, 0.29) is 17.6 Å². The van der Waals surface area contributed by atoms with Crippen LogP contribution in [0.4, 0.5) is 0 Å². The van der Waals surface area contributed by atoms with Crippen molar-refractivity contribution in [1.82, 2.24) is 10.6 Å². The zero-order valence-corrected chi connectivity index (χ0v) is 31.5. The number of benzene rings is 2. The highest BCUT2D eigenvalue weighted by Crippen LogP contribution is 2.21. The molecule has 274 valence electrons. The number of halogens is 1. The highest BCUT2D eigenvalue weighted by Gasteiger charge is 2.29. The lowest BCUT2D eigenvalue weighted by molar-refractivity contribution is -0.134. The Morgan fingerprint density at radius 3 is 1.59 bits per heavy atom. The van der Waals surface area contributed by atoms with Crippen molar-refractivity contribution in [3.63, 3.8) is 0 Å². The Bertz CT molecular complexity index is 1480. The van der Waals surface area contributed by atoms with E-state index < -0.39 is 5.60 Å². The number of unbranched alkanes of at least 4 members (excludes halogenated alkanes) is 2. The maximum Gasteiger partial charge on any atom is 0.263 e. The lowest BCUT2D eigenvalue weighted by atomic mass is 10.0. The molecule has 0 bridgehead atoms. The first-order valence-corrected chi connectivity index (χ1v) is 18.6. The van der Waals surface area contributed by atoms with Crippen LogP contribution in [0.2, 0.25) is 5.02 Å². The fourth-order valence-corrected chi connectivity index (χ4v) is 4.92. The Balaban J connectivity index is 1.47. The molecule has 0 spiro atoms. The molecule has 51 heavy (non-hydrogen) atoms. The molecule has 0 fully saturated rings. The summed E-state index contributed by atoms with van der Waals surface area (Å²) in [5.41, 5.74) is -0.0150. The van der Waals surface area contributed by atoms with Crippen LogP contribution in [-0.4, -0.2) is 36.3 Å². The molecule has 2 amide bonds. The molecule has 2 rings (SSSR count). The second-order valence-electron chi connectivity index (χ2n) is 12.6. The van der Waals surface area contributed by atoms with E-state index in [1.165, 1.54) is 0 Å². The summed E-state index contributed by atoms with van der Waals surface area (Å²) in [5, 5.41) is 6.49. The molecule has 0 saturated heterocycles. The van der Waals surface area contributed by atoms with Crippen molar-refractivity contribution in [2.75, 3.05) is 13.1 Å². The average molecular weight is 713 g/mol. The van der Waals surface area contributed by atoms with Gasteiger partial charge >= 0.3 is 0 Å². The molecule has 0 aliphatic carbocycles. The topological polar surface area (TPSA) is 84.5 Å². The van der Waals surface area contributed by atoms with Crippen LogP contribution in [0.5, 0.6) is 5.75 Å². The quantitative estimate of drug-likeness (QED) is 0.0610. The third-order valence-corrected chi connectivity index (χ3v) is 7.99. The molecule has 0 heterocycles. The first-order chi connectivity index (χ1) is 24.7. The number of ketones is 1. The summed E-state index contributed by atoms with van der Waals surface area (Å²) >= 11 is 5.92. The number of allylic oxidation sites excluding steroid dienone is 12. The largest absolute Gasteiger partial charge is 0.478 e. The molecule has 0 unspecified atom stereocenters. The summed E-state index contributed by atoms with van der Waals surface area (Å²) in [7, 11) is 0. The van der Waals surface area contributed by atoms with Crippen LogP contribution >= 0.6 is 11.6 Å². The van der Waals surface area contributed by atoms with Gasteiger partial charge in [-0.15, -0.1) is 0 Å². The highest BCUT2D eigenvalue weighted by molar-refractivity contribution is 6.30. The van der Waals surface area contributed by atoms with Crippen LogP contribution in [0, 0.1) is 0 Å². The van der Waals surface area contributed by atoms with Crippen molar-refractivity contribution < 1.29 is 19.1 Å². The maximum absolute atomic E-state index is 12.8. The fourth-order valence-electron chi connectivity index (χ4n) is 4.80. The number of carbonyl (C=O) groups excluding carboxylic acids is 3. The Hall–Kier alpha value is -4.42. The van der Waals surface area contributed by atoms with Gasteiger partial charge in [0.1, 0.15) is 5.75 Å². The van der Waals surface area contributed by atoms with E-state index in [4.69, 9.17) is 16.3 Å². The van der Waals surface area contributed by atoms with E-state index in [1.807, 2.05) is 0 Å². The van der Waals surface area contributed by atoms with Crippen LogP contribution in [0.1, 0.15) is 107 Å². The predicted octanol–water partition coefficient (Wildman–Crippen LogP) is 10.6. The van der Waals surface area contributed by atoms with Gasteiger partial charge in [0.2, 0.25) is 5.91 Å². The van der Waals surface area contributed by atoms with Crippen molar-refractivity contribution in [3.05, 3.63) is 138 Å². The minimum absolute atomic E-state index is 0.0594. The second-order valence-corrected chi connectivity index (χ2v) is 13.0. The summed E-state index contributed by atoms with van der Waals surface area (Å²) in [6.07, 6.45) is 35.7. The molecule has 6 nitrogen and oxygen atoms in total. The number of nitrogens with one attached hydrogen (secondary N) is 2. The third kappa shape index (κ3) is 20.1. The first-order valence-electron chi connectivity index (χ1n) is 18.3. The molecule has 2 aromatic carbocycles. The third-order valence-electron chi connectivity index (χ3n) is 7.74. The predicted molar refractivity (Wildman–Crippen MR) is 213 cm³/mol. The smallest absolute Gasteiger partial charge is 0.263 e. The number of ether oxygens (including phenoxy) is 1. The molecule has 0 radical (unpaired) electrons. The van der Waals surface area contributed by atoms with Crippen molar-refractivity contribution in [3.8, 4) is 5.75 Å². The number of amides is 2. The van der Waals surface area contributed by atoms with Gasteiger partial charge in [0.15, 0.2) is 11.4 Å². The molecular formula is C44H57ClN2O4. The van der Waals surface area contributed by atoms with Gasteiger partial charge in [-0.3, -0.25) is 14.4 Å². The fraction of sp³-hybridized carbons (Fsp3) is 0.386. The molecule has 2 aromatic rings. The second kappa shape index (κ2) is 26.4. The van der Waals surface area contributed by atoms with E-state index in [0.717, 1.165) is 64.2 Å². The summed E-state index contributed by atoms with van der Waals surface area (Å²) in [5.74, 6) is 0.227. The van der Waals surface area contributed by atoms with Gasteiger partial charge in [0, 0.05) is 35.7 Å². The van der Waals surface area contributed by atoms with Crippen molar-refractivity contribution in [1.29, 1.82) is 0 Å². The first kappa shape index (κ1) is 42.7. The summed E-state index contributed by atoms with van der Waals surface area (Å²) in [6, 6.07) is 13.5. The number of rotatable bonds is 25. The maximum atomic E-state index is 12.8. The molecule has 7 heteroatoms. The van der Waals surface area contributed by atoms with Gasteiger partial charge < -0.3 is 15.4 Å². The van der Waals surface area contributed by atoms with Gasteiger partial charge in [-0.25, -0.2) is 0 Å². The van der Waals surface area contributed by atoms with E-state index in [0.29, 0.717) is 41.4 Å². The Morgan fingerprint density at radius 1 is 0.627 bits per heavy atom. The van der Waals surface area contributed by atoms with Crippen LogP contribution in [-0.2, 0) is 9.59 Å². The standard InChI is InChI=1S/C44H57ClN2O4/c1-4-5-6-7-8-9-10-11-12-13-14-15-16-17-18-19-20-21-23-26-41(48)46-35-24-22-25-36-47-43(50)44(2,3)51-40-33-29-38(30-34-40)42(49)37-27-31-39(45)32-28-37/h5-6,8-9,11-12,14-15,17-18,20-21,27-34H,4,7,10,13,16,19,22-26,35-36H2,1-3H3,(H,46,48)(H,47,50)/b6-5-,9-8-,12-11-,15-14-,18-17-,21-20-. The minimum Gasteiger partial charge on any atom is -0.478 e. The zero-order valence-electron chi connectivity index (χ0n) is 30.8. The van der Waals surface area contributed by atoms with Gasteiger partial charge in [0.05, 0.1) is 0 Å². The Kier molecular flexibility index (Phi) is 22.1. The van der Waals surface area contributed by atoms with Crippen molar-refractivity contribution in [2.24, 2.45) is 0 Å². The van der Waals surface area contributed by atoms with Gasteiger partial charge in [-0.2, -0.15) is 0 Å². The monoisotopic (exact) mass is 712 g/mol. The molecule has 0 aliphatic rings. The summed E-state index contributed by atoms with van der Waals surface area (Å²) in [6.45, 7) is 6.73. The van der Waals surface area contributed by atoms with E-state index in [2.05, 4.69) is 90.5 Å². The normalized spacial score (nSPS) is 12.3. The van der Waals surface area contributed by atoms with Crippen LogP contribution in [0.3, 0.4) is 0 Å².